The summed E-state index contributed by atoms with van der Waals surface area (Å²) in [6, 6.07) is 0. The number of hydrogen-bond donors (Lipinski definition) is 1. The molecule has 2 amide bonds. The number of carbonyl (C=O) groups excluding carboxylic acids is 2. The Morgan fingerprint density at radius 3 is 2.62 bits per heavy atom. The Morgan fingerprint density at radius 2 is 2.04 bits per heavy atom. The topological polar surface area (TPSA) is 75.4 Å². The van der Waals surface area contributed by atoms with Crippen LogP contribution >= 0.6 is 0 Å². The predicted molar refractivity (Wildman–Crippen MR) is 103 cm³/mol. The number of rotatable bonds is 10. The molecule has 1 rings (SSSR count). The lowest BCUT2D eigenvalue weighted by atomic mass is 9.84. The first-order chi connectivity index (χ1) is 12.2. The smallest absolute Gasteiger partial charge is 0.273 e. The second-order valence-electron chi connectivity index (χ2n) is 7.76. The van der Waals surface area contributed by atoms with E-state index < -0.39 is 0 Å². The van der Waals surface area contributed by atoms with Gasteiger partial charge in [-0.15, -0.1) is 13.2 Å². The maximum absolute atomic E-state index is 12.6. The van der Waals surface area contributed by atoms with Crippen LogP contribution in [0.2, 0.25) is 0 Å². The third-order valence-corrected chi connectivity index (χ3v) is 3.70. The molecule has 0 aliphatic carbocycles. The molecule has 0 bridgehead atoms. The molecule has 1 unspecified atom stereocenters. The van der Waals surface area contributed by atoms with Crippen molar-refractivity contribution in [2.24, 2.45) is 11.3 Å². The lowest BCUT2D eigenvalue weighted by Crippen LogP contribution is -2.32. The van der Waals surface area contributed by atoms with Gasteiger partial charge >= 0.3 is 0 Å². The van der Waals surface area contributed by atoms with Gasteiger partial charge in [0.25, 0.3) is 5.91 Å². The Kier molecular flexibility index (Phi) is 8.29. The largest absolute Gasteiger partial charge is 0.446 e. The van der Waals surface area contributed by atoms with Crippen molar-refractivity contribution in [2.45, 2.75) is 47.1 Å². The first-order valence-corrected chi connectivity index (χ1v) is 8.88. The van der Waals surface area contributed by atoms with E-state index in [1.165, 1.54) is 6.26 Å². The third-order valence-electron chi connectivity index (χ3n) is 3.70. The average molecular weight is 361 g/mol. The summed E-state index contributed by atoms with van der Waals surface area (Å²) < 4.78 is 5.35. The van der Waals surface area contributed by atoms with Gasteiger partial charge in [0.2, 0.25) is 11.8 Å². The van der Waals surface area contributed by atoms with Gasteiger partial charge in [-0.2, -0.15) is 0 Å². The molecule has 1 aromatic rings. The van der Waals surface area contributed by atoms with E-state index in [2.05, 4.69) is 51.2 Å². The molecule has 0 saturated heterocycles. The fraction of sp³-hybridized carbons (Fsp3) is 0.550. The summed E-state index contributed by atoms with van der Waals surface area (Å²) in [4.78, 5) is 30.3. The van der Waals surface area contributed by atoms with E-state index in [1.54, 1.807) is 17.1 Å². The van der Waals surface area contributed by atoms with E-state index in [0.717, 1.165) is 6.42 Å². The van der Waals surface area contributed by atoms with Crippen LogP contribution in [0.15, 0.2) is 36.0 Å². The van der Waals surface area contributed by atoms with Gasteiger partial charge in [-0.1, -0.05) is 39.8 Å². The van der Waals surface area contributed by atoms with E-state index in [9.17, 15) is 9.59 Å². The predicted octanol–water partition coefficient (Wildman–Crippen LogP) is 3.57. The van der Waals surface area contributed by atoms with Crippen LogP contribution < -0.4 is 5.32 Å². The molecular formula is C20H31N3O3. The highest BCUT2D eigenvalue weighted by Crippen LogP contribution is 2.26. The molecule has 0 aliphatic rings. The van der Waals surface area contributed by atoms with Crippen LogP contribution in [-0.4, -0.2) is 34.8 Å². The average Bonchev–Trinajstić information content (AvgIpc) is 2.98. The Bertz CT molecular complexity index is 628. The molecule has 144 valence electrons. The minimum atomic E-state index is -0.333. The lowest BCUT2D eigenvalue weighted by Gasteiger charge is -2.25. The Labute approximate surface area is 156 Å². The molecule has 26 heavy (non-hydrogen) atoms. The van der Waals surface area contributed by atoms with Crippen molar-refractivity contribution in [3.63, 3.8) is 0 Å². The van der Waals surface area contributed by atoms with Crippen molar-refractivity contribution in [1.82, 2.24) is 15.2 Å². The van der Waals surface area contributed by atoms with Crippen molar-refractivity contribution in [3.8, 4) is 0 Å². The summed E-state index contributed by atoms with van der Waals surface area (Å²) in [5.41, 5.74) is 0.369. The second kappa shape index (κ2) is 9.94. The van der Waals surface area contributed by atoms with Crippen molar-refractivity contribution >= 4 is 11.8 Å². The van der Waals surface area contributed by atoms with Crippen LogP contribution in [0.5, 0.6) is 0 Å². The SMILES string of the molecule is C=CCNC(=O)c1coc(CN(CC=C)C(=O)CC(C)CC(C)(C)C)n1. The fourth-order valence-electron chi connectivity index (χ4n) is 2.86. The maximum atomic E-state index is 12.6. The Hall–Kier alpha value is -2.37. The molecule has 0 fully saturated rings. The normalized spacial score (nSPS) is 12.3. The monoisotopic (exact) mass is 361 g/mol. The number of carbonyl (C=O) groups is 2. The minimum Gasteiger partial charge on any atom is -0.446 e. The van der Waals surface area contributed by atoms with Crippen LogP contribution in [0.25, 0.3) is 0 Å². The molecule has 0 radical (unpaired) electrons. The summed E-state index contributed by atoms with van der Waals surface area (Å²) in [6.45, 7) is 16.8. The van der Waals surface area contributed by atoms with Crippen molar-refractivity contribution < 1.29 is 14.0 Å². The van der Waals surface area contributed by atoms with Gasteiger partial charge in [0, 0.05) is 19.5 Å². The Balaban J connectivity index is 2.71. The van der Waals surface area contributed by atoms with Gasteiger partial charge in [-0.25, -0.2) is 4.98 Å². The van der Waals surface area contributed by atoms with Gasteiger partial charge < -0.3 is 14.6 Å². The van der Waals surface area contributed by atoms with Crippen LogP contribution in [0.1, 0.15) is 56.9 Å². The fourth-order valence-corrected chi connectivity index (χ4v) is 2.86. The van der Waals surface area contributed by atoms with E-state index in [-0.39, 0.29) is 35.4 Å². The highest BCUT2D eigenvalue weighted by atomic mass is 16.3. The summed E-state index contributed by atoms with van der Waals surface area (Å²) >= 11 is 0. The molecule has 6 nitrogen and oxygen atoms in total. The summed E-state index contributed by atoms with van der Waals surface area (Å²) in [5.74, 6) is 0.296. The van der Waals surface area contributed by atoms with Crippen LogP contribution in [0.3, 0.4) is 0 Å². The number of hydrogen-bond acceptors (Lipinski definition) is 4. The number of aromatic nitrogens is 1. The molecule has 0 aromatic carbocycles. The lowest BCUT2D eigenvalue weighted by molar-refractivity contribution is -0.132. The van der Waals surface area contributed by atoms with Gasteiger partial charge in [0.1, 0.15) is 6.26 Å². The van der Waals surface area contributed by atoms with Crippen LogP contribution in [-0.2, 0) is 11.3 Å². The van der Waals surface area contributed by atoms with E-state index in [0.29, 0.717) is 25.4 Å². The number of oxazole rings is 1. The number of amides is 2. The Morgan fingerprint density at radius 1 is 1.35 bits per heavy atom. The zero-order chi connectivity index (χ0) is 19.7. The molecule has 6 heteroatoms. The highest BCUT2D eigenvalue weighted by molar-refractivity contribution is 5.91. The summed E-state index contributed by atoms with van der Waals surface area (Å²) in [5, 5.41) is 2.63. The molecule has 0 saturated carbocycles. The van der Waals surface area contributed by atoms with E-state index >= 15 is 0 Å². The van der Waals surface area contributed by atoms with E-state index in [4.69, 9.17) is 4.42 Å². The molecule has 1 atom stereocenters. The summed E-state index contributed by atoms with van der Waals surface area (Å²) in [7, 11) is 0. The third kappa shape index (κ3) is 7.68. The van der Waals surface area contributed by atoms with Gasteiger partial charge in [-0.05, 0) is 17.8 Å². The molecule has 0 aliphatic heterocycles. The molecule has 1 N–H and O–H groups in total. The van der Waals surface area contributed by atoms with Gasteiger partial charge in [0.15, 0.2) is 5.69 Å². The standard InChI is InChI=1S/C20H31N3O3/c1-7-9-21-19(25)16-14-26-17(22-16)13-23(10-8-2)18(24)11-15(3)12-20(4,5)6/h7-8,14-15H,1-2,9-13H2,3-6H3,(H,21,25). The number of nitrogens with zero attached hydrogens (tertiary/aromatic N) is 2. The zero-order valence-electron chi connectivity index (χ0n) is 16.4. The van der Waals surface area contributed by atoms with Crippen molar-refractivity contribution in [2.75, 3.05) is 13.1 Å². The summed E-state index contributed by atoms with van der Waals surface area (Å²) in [6.07, 6.45) is 5.98. The van der Waals surface area contributed by atoms with Gasteiger partial charge in [0.05, 0.1) is 6.54 Å². The maximum Gasteiger partial charge on any atom is 0.273 e. The second-order valence-corrected chi connectivity index (χ2v) is 7.76. The zero-order valence-corrected chi connectivity index (χ0v) is 16.4. The first kappa shape index (κ1) is 21.7. The molecular weight excluding hydrogens is 330 g/mol. The van der Waals surface area contributed by atoms with Crippen molar-refractivity contribution in [1.29, 1.82) is 0 Å². The van der Waals surface area contributed by atoms with Crippen LogP contribution in [0, 0.1) is 11.3 Å². The van der Waals surface area contributed by atoms with Crippen LogP contribution in [0.4, 0.5) is 0 Å². The molecule has 1 aromatic heterocycles. The first-order valence-electron chi connectivity index (χ1n) is 8.88. The van der Waals surface area contributed by atoms with E-state index in [1.807, 2.05) is 0 Å². The quantitative estimate of drug-likeness (QED) is 0.647. The molecule has 1 heterocycles. The van der Waals surface area contributed by atoms with Gasteiger partial charge in [-0.3, -0.25) is 9.59 Å². The van der Waals surface area contributed by atoms with Crippen molar-refractivity contribution in [3.05, 3.63) is 43.2 Å². The number of nitrogens with one attached hydrogen (secondary N) is 1. The minimum absolute atomic E-state index is 0.0255. The molecule has 0 spiro atoms. The highest BCUT2D eigenvalue weighted by Gasteiger charge is 2.22.